The minimum Gasteiger partial charge on any atom is -0.393 e. The molecule has 0 radical (unpaired) electrons. The third-order valence-corrected chi connectivity index (χ3v) is 5.31. The van der Waals surface area contributed by atoms with Gasteiger partial charge in [0.25, 0.3) is 0 Å². The predicted octanol–water partition coefficient (Wildman–Crippen LogP) is 2.30. The van der Waals surface area contributed by atoms with Gasteiger partial charge >= 0.3 is 0 Å². The van der Waals surface area contributed by atoms with E-state index in [2.05, 4.69) is 4.90 Å². The lowest BCUT2D eigenvalue weighted by molar-refractivity contribution is 0.0201. The van der Waals surface area contributed by atoms with Crippen LogP contribution in [-0.2, 0) is 6.54 Å². The summed E-state index contributed by atoms with van der Waals surface area (Å²) in [4.78, 5) is 13.6. The minimum atomic E-state index is -0.379. The molecule has 2 fully saturated rings. The largest absolute Gasteiger partial charge is 0.393 e. The number of carbonyl (C=O) groups is 1. The lowest BCUT2D eigenvalue weighted by Crippen LogP contribution is -2.42. The van der Waals surface area contributed by atoms with Crippen molar-refractivity contribution in [1.82, 2.24) is 4.90 Å². The van der Waals surface area contributed by atoms with Crippen LogP contribution in [-0.4, -0.2) is 34.6 Å². The normalized spacial score (nSPS) is 29.6. The van der Waals surface area contributed by atoms with E-state index in [0.29, 0.717) is 17.5 Å². The van der Waals surface area contributed by atoms with Crippen LogP contribution < -0.4 is 5.73 Å². The van der Waals surface area contributed by atoms with Crippen LogP contribution in [0.4, 0.5) is 0 Å². The number of nitrogens with zero attached hydrogens (tertiary/aromatic N) is 1. The number of nitrogens with two attached hydrogens (primary N) is 1. The molecular weight excluding hydrogens is 276 g/mol. The van der Waals surface area contributed by atoms with Gasteiger partial charge in [0, 0.05) is 24.1 Å². The Bertz CT molecular complexity index is 514. The number of aliphatic hydroxyl groups is 1. The van der Waals surface area contributed by atoms with Crippen molar-refractivity contribution in [2.75, 3.05) is 6.54 Å². The first kappa shape index (κ1) is 15.5. The summed E-state index contributed by atoms with van der Waals surface area (Å²) in [6.07, 6.45) is 6.81. The van der Waals surface area contributed by atoms with Crippen LogP contribution in [0.2, 0.25) is 0 Å². The summed E-state index contributed by atoms with van der Waals surface area (Å²) in [5.41, 5.74) is 7.06. The molecule has 1 aromatic carbocycles. The van der Waals surface area contributed by atoms with E-state index in [-0.39, 0.29) is 12.0 Å². The molecule has 1 amide bonds. The number of primary amides is 1. The summed E-state index contributed by atoms with van der Waals surface area (Å²) in [5, 5.41) is 10.3. The van der Waals surface area contributed by atoms with Gasteiger partial charge in [-0.3, -0.25) is 9.69 Å². The second-order valence-corrected chi connectivity index (χ2v) is 6.76. The number of amides is 1. The molecule has 3 atom stereocenters. The molecule has 1 saturated heterocycles. The zero-order chi connectivity index (χ0) is 15.5. The maximum Gasteiger partial charge on any atom is 0.248 e. The van der Waals surface area contributed by atoms with Gasteiger partial charge in [0.05, 0.1) is 6.10 Å². The Hall–Kier alpha value is -1.39. The van der Waals surface area contributed by atoms with Crippen LogP contribution in [0.1, 0.15) is 54.4 Å². The molecule has 3 rings (SSSR count). The van der Waals surface area contributed by atoms with E-state index in [1.54, 1.807) is 12.1 Å². The highest BCUT2D eigenvalue weighted by Crippen LogP contribution is 2.35. The molecular formula is C18H26N2O2. The summed E-state index contributed by atoms with van der Waals surface area (Å²) in [7, 11) is 0. The van der Waals surface area contributed by atoms with E-state index in [9.17, 15) is 9.90 Å². The molecule has 4 nitrogen and oxygen atoms in total. The number of hydrogen-bond acceptors (Lipinski definition) is 3. The van der Waals surface area contributed by atoms with E-state index in [4.69, 9.17) is 5.73 Å². The molecule has 3 N–H and O–H groups in total. The van der Waals surface area contributed by atoms with E-state index >= 15 is 0 Å². The van der Waals surface area contributed by atoms with E-state index in [1.807, 2.05) is 12.1 Å². The minimum absolute atomic E-state index is 0.128. The van der Waals surface area contributed by atoms with Crippen molar-refractivity contribution in [2.45, 2.75) is 57.2 Å². The van der Waals surface area contributed by atoms with E-state index in [1.165, 1.54) is 31.2 Å². The van der Waals surface area contributed by atoms with Gasteiger partial charge in [-0.05, 0) is 49.9 Å². The van der Waals surface area contributed by atoms with Gasteiger partial charge in [0.2, 0.25) is 5.91 Å². The zero-order valence-corrected chi connectivity index (χ0v) is 13.1. The first-order chi connectivity index (χ1) is 10.6. The fraction of sp³-hybridized carbons (Fsp3) is 0.611. The van der Waals surface area contributed by atoms with Crippen LogP contribution in [0.5, 0.6) is 0 Å². The van der Waals surface area contributed by atoms with Gasteiger partial charge in [-0.25, -0.2) is 0 Å². The van der Waals surface area contributed by atoms with Crippen LogP contribution in [0, 0.1) is 5.92 Å². The third-order valence-electron chi connectivity index (χ3n) is 5.31. The lowest BCUT2D eigenvalue weighted by Gasteiger charge is -2.37. The maximum absolute atomic E-state index is 11.1. The van der Waals surface area contributed by atoms with Crippen molar-refractivity contribution >= 4 is 5.91 Å². The number of likely N-dealkylation sites (tertiary alicyclic amines) is 1. The Morgan fingerprint density at radius 3 is 2.55 bits per heavy atom. The molecule has 0 bridgehead atoms. The molecule has 1 aliphatic heterocycles. The van der Waals surface area contributed by atoms with E-state index < -0.39 is 0 Å². The van der Waals surface area contributed by atoms with Crippen molar-refractivity contribution in [3.05, 3.63) is 35.4 Å². The molecule has 3 unspecified atom stereocenters. The van der Waals surface area contributed by atoms with Crippen LogP contribution >= 0.6 is 0 Å². The molecule has 1 heterocycles. The number of aliphatic hydroxyl groups excluding tert-OH is 1. The average molecular weight is 302 g/mol. The standard InChI is InChI=1S/C18H26N2O2/c19-18(22)14-9-7-13(8-10-14)12-20-11-3-5-16(20)15-4-1-2-6-17(15)21/h7-10,15-17,21H,1-6,11-12H2,(H2,19,22). The fourth-order valence-corrected chi connectivity index (χ4v) is 4.13. The Morgan fingerprint density at radius 2 is 1.86 bits per heavy atom. The molecule has 0 spiro atoms. The Labute approximate surface area is 132 Å². The van der Waals surface area contributed by atoms with Crippen molar-refractivity contribution in [1.29, 1.82) is 0 Å². The number of rotatable bonds is 4. The second-order valence-electron chi connectivity index (χ2n) is 6.76. The highest BCUT2D eigenvalue weighted by atomic mass is 16.3. The molecule has 4 heteroatoms. The summed E-state index contributed by atoms with van der Waals surface area (Å²) in [5.74, 6) is 0.0528. The topological polar surface area (TPSA) is 66.6 Å². The lowest BCUT2D eigenvalue weighted by atomic mass is 9.80. The fourth-order valence-electron chi connectivity index (χ4n) is 4.13. The molecule has 1 saturated carbocycles. The number of benzene rings is 1. The molecule has 22 heavy (non-hydrogen) atoms. The van der Waals surface area contributed by atoms with Gasteiger partial charge in [-0.2, -0.15) is 0 Å². The average Bonchev–Trinajstić information content (AvgIpc) is 2.96. The summed E-state index contributed by atoms with van der Waals surface area (Å²) >= 11 is 0. The van der Waals surface area contributed by atoms with Crippen LogP contribution in [0.3, 0.4) is 0 Å². The summed E-state index contributed by atoms with van der Waals surface area (Å²) in [6, 6.07) is 8.10. The molecule has 0 aromatic heterocycles. The van der Waals surface area contributed by atoms with Gasteiger partial charge in [-0.1, -0.05) is 25.0 Å². The molecule has 120 valence electrons. The Kier molecular flexibility index (Phi) is 4.79. The van der Waals surface area contributed by atoms with Gasteiger partial charge < -0.3 is 10.8 Å². The summed E-state index contributed by atoms with van der Waals surface area (Å²) < 4.78 is 0. The second kappa shape index (κ2) is 6.80. The summed E-state index contributed by atoms with van der Waals surface area (Å²) in [6.45, 7) is 2.00. The van der Waals surface area contributed by atoms with Gasteiger partial charge in [-0.15, -0.1) is 0 Å². The first-order valence-electron chi connectivity index (χ1n) is 8.46. The maximum atomic E-state index is 11.1. The SMILES string of the molecule is NC(=O)c1ccc(CN2CCCC2C2CCCCC2O)cc1. The molecule has 2 aliphatic rings. The molecule has 1 aliphatic carbocycles. The number of carbonyl (C=O) groups excluding carboxylic acids is 1. The monoisotopic (exact) mass is 302 g/mol. The highest BCUT2D eigenvalue weighted by Gasteiger charge is 2.36. The van der Waals surface area contributed by atoms with Gasteiger partial charge in [0.1, 0.15) is 0 Å². The van der Waals surface area contributed by atoms with E-state index in [0.717, 1.165) is 25.9 Å². The van der Waals surface area contributed by atoms with Crippen molar-refractivity contribution in [2.24, 2.45) is 11.7 Å². The first-order valence-corrected chi connectivity index (χ1v) is 8.46. The quantitative estimate of drug-likeness (QED) is 0.897. The Balaban J connectivity index is 1.66. The predicted molar refractivity (Wildman–Crippen MR) is 86.4 cm³/mol. The van der Waals surface area contributed by atoms with Gasteiger partial charge in [0.15, 0.2) is 0 Å². The van der Waals surface area contributed by atoms with Crippen molar-refractivity contribution < 1.29 is 9.90 Å². The van der Waals surface area contributed by atoms with Crippen LogP contribution in [0.15, 0.2) is 24.3 Å². The van der Waals surface area contributed by atoms with Crippen LogP contribution in [0.25, 0.3) is 0 Å². The third kappa shape index (κ3) is 3.33. The Morgan fingerprint density at radius 1 is 1.14 bits per heavy atom. The number of hydrogen-bond donors (Lipinski definition) is 2. The van der Waals surface area contributed by atoms with Crippen molar-refractivity contribution in [3.63, 3.8) is 0 Å². The highest BCUT2D eigenvalue weighted by molar-refractivity contribution is 5.92. The zero-order valence-electron chi connectivity index (χ0n) is 13.1. The van der Waals surface area contributed by atoms with Crippen molar-refractivity contribution in [3.8, 4) is 0 Å². The smallest absolute Gasteiger partial charge is 0.248 e. The molecule has 1 aromatic rings.